The number of hydrogen-bond acceptors (Lipinski definition) is 6. The minimum Gasteiger partial charge on any atom is -0.506 e. The number of hydrogen-bond donors (Lipinski definition) is 2. The van der Waals surface area contributed by atoms with Crippen molar-refractivity contribution in [3.05, 3.63) is 118 Å². The fourth-order valence-corrected chi connectivity index (χ4v) is 5.77. The number of aromatic nitrogens is 3. The molecule has 3 heterocycles. The summed E-state index contributed by atoms with van der Waals surface area (Å²) in [7, 11) is -4.24. The second-order valence-electron chi connectivity index (χ2n) is 8.67. The highest BCUT2D eigenvalue weighted by Gasteiger charge is 2.33. The predicted molar refractivity (Wildman–Crippen MR) is 141 cm³/mol. The summed E-state index contributed by atoms with van der Waals surface area (Å²) >= 11 is 0. The van der Waals surface area contributed by atoms with E-state index in [0.29, 0.717) is 10.9 Å². The first-order chi connectivity index (χ1) is 17.9. The summed E-state index contributed by atoms with van der Waals surface area (Å²) < 4.78 is 33.5. The second kappa shape index (κ2) is 8.75. The highest BCUT2D eigenvalue weighted by molar-refractivity contribution is 7.90. The largest absolute Gasteiger partial charge is 0.506 e. The number of para-hydroxylation sites is 1. The quantitative estimate of drug-likeness (QED) is 0.373. The molecule has 184 valence electrons. The maximum atomic E-state index is 13.7. The standard InChI is InChI=1S/C27H21N5O4S/c33-23-20-13-7-8-14-21(20)32(16-19-11-5-2-6-12-19)26(34)22(23)24-29-25-27(37(35,36)30-24)31(17-28-25)15-18-9-3-1-4-10-18/h1-14,17,33H,15-16H2,(H,29,30). The molecule has 0 spiro atoms. The van der Waals surface area contributed by atoms with Gasteiger partial charge in [0.1, 0.15) is 11.3 Å². The molecule has 0 radical (unpaired) electrons. The van der Waals surface area contributed by atoms with Crippen molar-refractivity contribution in [2.45, 2.75) is 18.1 Å². The molecule has 1 aliphatic rings. The second-order valence-corrected chi connectivity index (χ2v) is 10.2. The average Bonchev–Trinajstić information content (AvgIpc) is 3.31. The molecule has 2 aromatic heterocycles. The molecular formula is C27H21N5O4S. The average molecular weight is 512 g/mol. The molecule has 3 aromatic carbocycles. The molecule has 9 nitrogen and oxygen atoms in total. The highest BCUT2D eigenvalue weighted by atomic mass is 32.2. The van der Waals surface area contributed by atoms with Crippen LogP contribution in [0, 0.1) is 0 Å². The monoisotopic (exact) mass is 511 g/mol. The number of benzene rings is 3. The zero-order chi connectivity index (χ0) is 25.6. The normalized spacial score (nSPS) is 14.1. The van der Waals surface area contributed by atoms with E-state index in [4.69, 9.17) is 0 Å². The SMILES string of the molecule is O=c1c(C2=NS(=O)(=O)c3c(ncn3Cc3ccccc3)N2)c(O)c2ccccc2n1Cc1ccccc1. The molecule has 0 amide bonds. The molecule has 0 saturated heterocycles. The van der Waals surface area contributed by atoms with Crippen molar-refractivity contribution in [3.63, 3.8) is 0 Å². The third kappa shape index (κ3) is 3.97. The first kappa shape index (κ1) is 22.7. The highest BCUT2D eigenvalue weighted by Crippen LogP contribution is 2.32. The van der Waals surface area contributed by atoms with Crippen LogP contribution < -0.4 is 10.9 Å². The van der Waals surface area contributed by atoms with Crippen molar-refractivity contribution in [3.8, 4) is 5.75 Å². The van der Waals surface area contributed by atoms with E-state index < -0.39 is 15.6 Å². The van der Waals surface area contributed by atoms with Gasteiger partial charge in [-0.3, -0.25) is 4.79 Å². The van der Waals surface area contributed by atoms with Gasteiger partial charge in [0.25, 0.3) is 5.56 Å². The topological polar surface area (TPSA) is 119 Å². The van der Waals surface area contributed by atoms with Crippen LogP contribution in [0.1, 0.15) is 16.7 Å². The van der Waals surface area contributed by atoms with Crippen molar-refractivity contribution >= 4 is 32.6 Å². The number of anilines is 1. The fraction of sp³-hybridized carbons (Fsp3) is 0.0741. The van der Waals surface area contributed by atoms with Gasteiger partial charge in [0.15, 0.2) is 11.7 Å². The summed E-state index contributed by atoms with van der Waals surface area (Å²) in [6.07, 6.45) is 1.41. The molecule has 0 fully saturated rings. The van der Waals surface area contributed by atoms with Crippen molar-refractivity contribution in [2.24, 2.45) is 4.40 Å². The van der Waals surface area contributed by atoms with Gasteiger partial charge in [-0.1, -0.05) is 72.8 Å². The molecule has 37 heavy (non-hydrogen) atoms. The number of fused-ring (bicyclic) bond motifs is 2. The van der Waals surface area contributed by atoms with Crippen molar-refractivity contribution in [2.75, 3.05) is 5.32 Å². The minimum atomic E-state index is -4.24. The van der Waals surface area contributed by atoms with E-state index in [0.717, 1.165) is 11.1 Å². The molecule has 0 atom stereocenters. The summed E-state index contributed by atoms with van der Waals surface area (Å²) in [5.74, 6) is -0.575. The number of nitrogens with zero attached hydrogens (tertiary/aromatic N) is 4. The minimum absolute atomic E-state index is 0.0440. The number of pyridine rings is 1. The maximum Gasteiger partial charge on any atom is 0.303 e. The molecular weight excluding hydrogens is 490 g/mol. The summed E-state index contributed by atoms with van der Waals surface area (Å²) in [6.45, 7) is 0.504. The van der Waals surface area contributed by atoms with Gasteiger partial charge >= 0.3 is 10.0 Å². The van der Waals surface area contributed by atoms with Gasteiger partial charge in [-0.15, -0.1) is 4.40 Å². The van der Waals surface area contributed by atoms with Gasteiger partial charge in [-0.2, -0.15) is 8.42 Å². The van der Waals surface area contributed by atoms with E-state index in [2.05, 4.69) is 14.7 Å². The van der Waals surface area contributed by atoms with Crippen LogP contribution >= 0.6 is 0 Å². The fourth-order valence-electron chi connectivity index (χ4n) is 4.55. The lowest BCUT2D eigenvalue weighted by Gasteiger charge is -2.19. The van der Waals surface area contributed by atoms with Crippen LogP contribution in [0.5, 0.6) is 5.75 Å². The zero-order valence-electron chi connectivity index (χ0n) is 19.4. The number of imidazole rings is 1. The first-order valence-electron chi connectivity index (χ1n) is 11.5. The summed E-state index contributed by atoms with van der Waals surface area (Å²) in [4.78, 5) is 18.0. The smallest absolute Gasteiger partial charge is 0.303 e. The van der Waals surface area contributed by atoms with E-state index in [1.807, 2.05) is 60.7 Å². The van der Waals surface area contributed by atoms with E-state index in [9.17, 15) is 18.3 Å². The summed E-state index contributed by atoms with van der Waals surface area (Å²) in [5, 5.41) is 14.3. The third-order valence-corrected chi connectivity index (χ3v) is 7.58. The third-order valence-electron chi connectivity index (χ3n) is 6.24. The van der Waals surface area contributed by atoms with E-state index in [1.54, 1.807) is 24.3 Å². The van der Waals surface area contributed by atoms with Crippen LogP contribution in [-0.4, -0.2) is 33.5 Å². The summed E-state index contributed by atoms with van der Waals surface area (Å²) in [5.41, 5.74) is 1.47. The Morgan fingerprint density at radius 3 is 2.16 bits per heavy atom. The van der Waals surface area contributed by atoms with Crippen LogP contribution in [0.4, 0.5) is 5.82 Å². The van der Waals surface area contributed by atoms with E-state index in [1.165, 1.54) is 15.5 Å². The van der Waals surface area contributed by atoms with Gasteiger partial charge in [-0.05, 0) is 23.3 Å². The van der Waals surface area contributed by atoms with Crippen LogP contribution in [-0.2, 0) is 23.1 Å². The lowest BCUT2D eigenvalue weighted by atomic mass is 10.1. The molecule has 5 aromatic rings. The van der Waals surface area contributed by atoms with Gasteiger partial charge < -0.3 is 19.6 Å². The Kier molecular flexibility index (Phi) is 5.38. The number of nitrogens with one attached hydrogen (secondary N) is 1. The Labute approximate surface area is 212 Å². The van der Waals surface area contributed by atoms with Crippen molar-refractivity contribution in [1.29, 1.82) is 0 Å². The lowest BCUT2D eigenvalue weighted by Crippen LogP contribution is -2.33. The van der Waals surface area contributed by atoms with Crippen molar-refractivity contribution in [1.82, 2.24) is 14.1 Å². The Hall–Kier alpha value is -4.70. The molecule has 6 rings (SSSR count). The van der Waals surface area contributed by atoms with Crippen LogP contribution in [0.25, 0.3) is 10.9 Å². The Morgan fingerprint density at radius 2 is 1.46 bits per heavy atom. The first-order valence-corrected chi connectivity index (χ1v) is 13.0. The molecule has 1 aliphatic heterocycles. The Balaban J connectivity index is 1.49. The summed E-state index contributed by atoms with van der Waals surface area (Å²) in [6, 6.07) is 25.7. The van der Waals surface area contributed by atoms with Gasteiger partial charge in [0.05, 0.1) is 18.4 Å². The molecule has 10 heteroatoms. The number of sulfonamides is 1. The lowest BCUT2D eigenvalue weighted by molar-refractivity contribution is 0.478. The van der Waals surface area contributed by atoms with Crippen LogP contribution in [0.15, 0.2) is 105 Å². The number of rotatable bonds is 5. The number of aromatic hydroxyl groups is 1. The maximum absolute atomic E-state index is 13.7. The van der Waals surface area contributed by atoms with Crippen molar-refractivity contribution < 1.29 is 13.5 Å². The zero-order valence-corrected chi connectivity index (χ0v) is 20.3. The van der Waals surface area contributed by atoms with E-state index >= 15 is 0 Å². The number of amidine groups is 1. The Morgan fingerprint density at radius 1 is 0.838 bits per heavy atom. The van der Waals surface area contributed by atoms with Crippen LogP contribution in [0.2, 0.25) is 0 Å². The van der Waals surface area contributed by atoms with Gasteiger partial charge in [0.2, 0.25) is 5.03 Å². The molecule has 0 unspecified atom stereocenters. The molecule has 2 N–H and O–H groups in total. The molecule has 0 saturated carbocycles. The van der Waals surface area contributed by atoms with Gasteiger partial charge in [-0.25, -0.2) is 4.98 Å². The molecule has 0 bridgehead atoms. The van der Waals surface area contributed by atoms with E-state index in [-0.39, 0.29) is 41.1 Å². The predicted octanol–water partition coefficient (Wildman–Crippen LogP) is 3.56. The molecule has 0 aliphatic carbocycles. The van der Waals surface area contributed by atoms with Gasteiger partial charge in [0, 0.05) is 11.9 Å². The Bertz CT molecular complexity index is 1840. The van der Waals surface area contributed by atoms with Crippen LogP contribution in [0.3, 0.4) is 0 Å².